The van der Waals surface area contributed by atoms with Crippen LogP contribution in [0.25, 0.3) is 0 Å². The van der Waals surface area contributed by atoms with Crippen LogP contribution in [-0.4, -0.2) is 43.5 Å². The number of benzene rings is 1. The summed E-state index contributed by atoms with van der Waals surface area (Å²) in [5.74, 6) is 0.684. The zero-order valence-electron chi connectivity index (χ0n) is 15.2. The van der Waals surface area contributed by atoms with Crippen LogP contribution in [0.1, 0.15) is 30.4 Å². The van der Waals surface area contributed by atoms with E-state index in [1.807, 2.05) is 0 Å². The maximum atomic E-state index is 12.6. The standard InChI is InChI=1S/C19H29N3O.2ClH/c1-22(2)19(10-14-6-3-4-7-15(14)11-19)13-21-18(23)17-9-5-8-16(17)12-20;;/h3-4,6-7,16-17H,5,8-13,20H2,1-2H3,(H,21,23);2*1H/t16-,17-;;/m1../s1. The molecule has 1 saturated carbocycles. The topological polar surface area (TPSA) is 58.4 Å². The Morgan fingerprint density at radius 2 is 1.80 bits per heavy atom. The van der Waals surface area contributed by atoms with E-state index in [9.17, 15) is 4.79 Å². The number of amides is 1. The Balaban J connectivity index is 0.00000156. The monoisotopic (exact) mass is 387 g/mol. The van der Waals surface area contributed by atoms with Crippen LogP contribution in [-0.2, 0) is 17.6 Å². The summed E-state index contributed by atoms with van der Waals surface area (Å²) in [5, 5.41) is 3.25. The molecular formula is C19H31Cl2N3O. The Morgan fingerprint density at radius 3 is 2.32 bits per heavy atom. The Morgan fingerprint density at radius 1 is 1.20 bits per heavy atom. The molecule has 0 aromatic heterocycles. The van der Waals surface area contributed by atoms with Crippen molar-refractivity contribution in [3.8, 4) is 0 Å². The molecule has 4 nitrogen and oxygen atoms in total. The summed E-state index contributed by atoms with van der Waals surface area (Å²) >= 11 is 0. The molecule has 0 saturated heterocycles. The number of nitrogens with one attached hydrogen (secondary N) is 1. The average Bonchev–Trinajstić information content (AvgIpc) is 3.16. The molecule has 142 valence electrons. The van der Waals surface area contributed by atoms with Gasteiger partial charge in [0.15, 0.2) is 0 Å². The van der Waals surface area contributed by atoms with Gasteiger partial charge < -0.3 is 16.0 Å². The third-order valence-corrected chi connectivity index (χ3v) is 6.00. The number of carbonyl (C=O) groups excluding carboxylic acids is 1. The molecule has 0 radical (unpaired) electrons. The molecule has 0 spiro atoms. The fourth-order valence-electron chi connectivity index (χ4n) is 4.32. The van der Waals surface area contributed by atoms with Crippen molar-refractivity contribution in [2.75, 3.05) is 27.2 Å². The van der Waals surface area contributed by atoms with E-state index in [0.29, 0.717) is 19.0 Å². The minimum Gasteiger partial charge on any atom is -0.354 e. The normalized spacial score (nSPS) is 23.5. The Labute approximate surface area is 163 Å². The van der Waals surface area contributed by atoms with Crippen molar-refractivity contribution < 1.29 is 4.79 Å². The van der Waals surface area contributed by atoms with Crippen molar-refractivity contribution in [2.45, 2.75) is 37.6 Å². The highest BCUT2D eigenvalue weighted by molar-refractivity contribution is 5.85. The maximum absolute atomic E-state index is 12.6. The van der Waals surface area contributed by atoms with Crippen molar-refractivity contribution in [3.63, 3.8) is 0 Å². The third-order valence-electron chi connectivity index (χ3n) is 6.00. The molecule has 0 heterocycles. The van der Waals surface area contributed by atoms with Gasteiger partial charge in [-0.3, -0.25) is 4.79 Å². The first-order valence-corrected chi connectivity index (χ1v) is 8.78. The molecule has 2 aliphatic carbocycles. The Kier molecular flexibility index (Phi) is 8.20. The highest BCUT2D eigenvalue weighted by Crippen LogP contribution is 2.34. The third kappa shape index (κ3) is 4.48. The Bertz CT molecular complexity index is 555. The van der Waals surface area contributed by atoms with Crippen molar-refractivity contribution >= 4 is 30.7 Å². The lowest BCUT2D eigenvalue weighted by Crippen LogP contribution is -2.54. The van der Waals surface area contributed by atoms with Gasteiger partial charge in [0.2, 0.25) is 5.91 Å². The highest BCUT2D eigenvalue weighted by Gasteiger charge is 2.40. The number of fused-ring (bicyclic) bond motifs is 1. The molecule has 1 amide bonds. The quantitative estimate of drug-likeness (QED) is 0.815. The van der Waals surface area contributed by atoms with E-state index in [1.54, 1.807) is 0 Å². The van der Waals surface area contributed by atoms with Crippen molar-refractivity contribution in [3.05, 3.63) is 35.4 Å². The number of halogens is 2. The largest absolute Gasteiger partial charge is 0.354 e. The van der Waals surface area contributed by atoms with Gasteiger partial charge in [-0.15, -0.1) is 24.8 Å². The van der Waals surface area contributed by atoms with Crippen LogP contribution in [0.4, 0.5) is 0 Å². The molecule has 25 heavy (non-hydrogen) atoms. The minimum atomic E-state index is -0.00381. The first-order valence-electron chi connectivity index (χ1n) is 8.78. The zero-order valence-corrected chi connectivity index (χ0v) is 16.8. The molecule has 3 rings (SSSR count). The number of hydrogen-bond donors (Lipinski definition) is 2. The second-order valence-electron chi connectivity index (χ2n) is 7.49. The van der Waals surface area contributed by atoms with Crippen LogP contribution in [0.3, 0.4) is 0 Å². The number of carbonyl (C=O) groups is 1. The van der Waals surface area contributed by atoms with Crippen LogP contribution in [0.5, 0.6) is 0 Å². The smallest absolute Gasteiger partial charge is 0.223 e. The van der Waals surface area contributed by atoms with Gasteiger partial charge in [-0.25, -0.2) is 0 Å². The fourth-order valence-corrected chi connectivity index (χ4v) is 4.32. The summed E-state index contributed by atoms with van der Waals surface area (Å²) in [5.41, 5.74) is 8.65. The number of nitrogens with two attached hydrogens (primary N) is 1. The van der Waals surface area contributed by atoms with Gasteiger partial charge in [-0.2, -0.15) is 0 Å². The van der Waals surface area contributed by atoms with E-state index in [4.69, 9.17) is 5.73 Å². The molecule has 0 unspecified atom stereocenters. The SMILES string of the molecule is CN(C)C1(CNC(=O)[C@@H]2CCC[C@@H]2CN)Cc2ccccc2C1.Cl.Cl. The molecule has 1 aromatic rings. The zero-order chi connectivity index (χ0) is 16.4. The predicted octanol–water partition coefficient (Wildman–Crippen LogP) is 2.42. The van der Waals surface area contributed by atoms with Crippen LogP contribution in [0.15, 0.2) is 24.3 Å². The van der Waals surface area contributed by atoms with Gasteiger partial charge in [0.25, 0.3) is 0 Å². The summed E-state index contributed by atoms with van der Waals surface area (Å²) in [4.78, 5) is 14.9. The molecule has 3 N–H and O–H groups in total. The fraction of sp³-hybridized carbons (Fsp3) is 0.632. The second kappa shape index (κ2) is 9.22. The number of hydrogen-bond acceptors (Lipinski definition) is 3. The lowest BCUT2D eigenvalue weighted by molar-refractivity contribution is -0.126. The van der Waals surface area contributed by atoms with E-state index in [0.717, 1.165) is 32.1 Å². The van der Waals surface area contributed by atoms with Crippen molar-refractivity contribution in [1.29, 1.82) is 0 Å². The summed E-state index contributed by atoms with van der Waals surface area (Å²) in [7, 11) is 4.24. The predicted molar refractivity (Wildman–Crippen MR) is 108 cm³/mol. The van der Waals surface area contributed by atoms with Gasteiger partial charge in [-0.1, -0.05) is 30.7 Å². The molecule has 1 fully saturated rings. The van der Waals surface area contributed by atoms with Crippen molar-refractivity contribution in [1.82, 2.24) is 10.2 Å². The van der Waals surface area contributed by atoms with Gasteiger partial charge in [-0.05, 0) is 63.4 Å². The number of nitrogens with zero attached hydrogens (tertiary/aromatic N) is 1. The van der Waals surface area contributed by atoms with E-state index in [2.05, 4.69) is 48.6 Å². The van der Waals surface area contributed by atoms with Crippen molar-refractivity contribution in [2.24, 2.45) is 17.6 Å². The van der Waals surface area contributed by atoms with Gasteiger partial charge >= 0.3 is 0 Å². The molecule has 2 atom stereocenters. The molecule has 0 aliphatic heterocycles. The highest BCUT2D eigenvalue weighted by atomic mass is 35.5. The summed E-state index contributed by atoms with van der Waals surface area (Å²) in [6, 6.07) is 8.63. The lowest BCUT2D eigenvalue weighted by Gasteiger charge is -2.37. The summed E-state index contributed by atoms with van der Waals surface area (Å²) in [6.45, 7) is 1.34. The maximum Gasteiger partial charge on any atom is 0.223 e. The van der Waals surface area contributed by atoms with E-state index in [1.165, 1.54) is 11.1 Å². The molecule has 1 aromatic carbocycles. The van der Waals surface area contributed by atoms with Crippen LogP contribution < -0.4 is 11.1 Å². The second-order valence-corrected chi connectivity index (χ2v) is 7.49. The first-order chi connectivity index (χ1) is 11.1. The van der Waals surface area contributed by atoms with Crippen LogP contribution >= 0.6 is 24.8 Å². The van der Waals surface area contributed by atoms with Gasteiger partial charge in [0, 0.05) is 18.0 Å². The van der Waals surface area contributed by atoms with Gasteiger partial charge in [0.1, 0.15) is 0 Å². The molecular weight excluding hydrogens is 357 g/mol. The van der Waals surface area contributed by atoms with Crippen LogP contribution in [0, 0.1) is 11.8 Å². The summed E-state index contributed by atoms with van der Waals surface area (Å²) in [6.07, 6.45) is 5.22. The molecule has 0 bridgehead atoms. The Hall–Kier alpha value is -0.810. The summed E-state index contributed by atoms with van der Waals surface area (Å²) < 4.78 is 0. The van der Waals surface area contributed by atoms with E-state index >= 15 is 0 Å². The number of rotatable bonds is 5. The average molecular weight is 388 g/mol. The lowest BCUT2D eigenvalue weighted by atomic mass is 9.92. The minimum absolute atomic E-state index is 0. The van der Waals surface area contributed by atoms with E-state index < -0.39 is 0 Å². The van der Waals surface area contributed by atoms with Crippen LogP contribution in [0.2, 0.25) is 0 Å². The van der Waals surface area contributed by atoms with Gasteiger partial charge in [0.05, 0.1) is 0 Å². The van der Waals surface area contributed by atoms with E-state index in [-0.39, 0.29) is 42.2 Å². The first kappa shape index (κ1) is 22.2. The number of likely N-dealkylation sites (N-methyl/N-ethyl adjacent to an activating group) is 1. The molecule has 6 heteroatoms. The molecule has 2 aliphatic rings.